The molecule has 4 aromatic heterocycles. The molecule has 11 nitrogen and oxygen atoms in total. The van der Waals surface area contributed by atoms with Crippen molar-refractivity contribution in [2.24, 2.45) is 0 Å². The molecule has 0 radical (unpaired) electrons. The van der Waals surface area contributed by atoms with Crippen LogP contribution < -0.4 is 5.32 Å². The standard InChI is InChI=1S/C26H26N8O3/c1-3-33-23(10-11-27-33)29-25(35)17-14-32(15-20-24(17)34(4-2)31-30-20)26(36)19-13-22-18(28-19)12-21(37-22)16-8-6-5-7-9-16/h5-13,17,28H,3-4,14-15H2,1-2H3,(H,29,35). The number of carbonyl (C=O) groups excluding carboxylic acids is 2. The minimum Gasteiger partial charge on any atom is -0.454 e. The van der Waals surface area contributed by atoms with E-state index in [2.05, 4.69) is 25.7 Å². The number of aryl methyl sites for hydroxylation is 2. The summed E-state index contributed by atoms with van der Waals surface area (Å²) in [5, 5.41) is 15.7. The van der Waals surface area contributed by atoms with Gasteiger partial charge in [0.2, 0.25) is 5.91 Å². The van der Waals surface area contributed by atoms with Gasteiger partial charge >= 0.3 is 0 Å². The third kappa shape index (κ3) is 3.98. The van der Waals surface area contributed by atoms with E-state index >= 15 is 0 Å². The lowest BCUT2D eigenvalue weighted by Crippen LogP contribution is -2.43. The Morgan fingerprint density at radius 3 is 2.68 bits per heavy atom. The molecule has 0 spiro atoms. The first-order valence-electron chi connectivity index (χ1n) is 12.3. The molecule has 188 valence electrons. The first-order valence-corrected chi connectivity index (χ1v) is 12.3. The summed E-state index contributed by atoms with van der Waals surface area (Å²) in [6.07, 6.45) is 1.64. The zero-order valence-electron chi connectivity index (χ0n) is 20.5. The van der Waals surface area contributed by atoms with Crippen LogP contribution in [0.2, 0.25) is 0 Å². The number of rotatable bonds is 6. The Balaban J connectivity index is 1.28. The summed E-state index contributed by atoms with van der Waals surface area (Å²) >= 11 is 0. The van der Waals surface area contributed by atoms with Crippen LogP contribution >= 0.6 is 0 Å². The van der Waals surface area contributed by atoms with Gasteiger partial charge in [-0.2, -0.15) is 5.10 Å². The molecule has 1 atom stereocenters. The molecule has 5 heterocycles. The van der Waals surface area contributed by atoms with Gasteiger partial charge in [-0.15, -0.1) is 5.10 Å². The van der Waals surface area contributed by atoms with E-state index in [1.54, 1.807) is 32.6 Å². The second-order valence-electron chi connectivity index (χ2n) is 8.93. The smallest absolute Gasteiger partial charge is 0.270 e. The number of amides is 2. The van der Waals surface area contributed by atoms with Crippen LogP contribution in [0.1, 0.15) is 41.6 Å². The van der Waals surface area contributed by atoms with Crippen LogP contribution in [0.5, 0.6) is 0 Å². The highest BCUT2D eigenvalue weighted by atomic mass is 16.3. The lowest BCUT2D eigenvalue weighted by Gasteiger charge is -2.31. The Hall–Kier alpha value is -4.67. The Kier molecular flexibility index (Phi) is 5.59. The normalized spacial score (nSPS) is 15.2. The van der Waals surface area contributed by atoms with E-state index in [1.807, 2.05) is 50.2 Å². The van der Waals surface area contributed by atoms with Crippen LogP contribution in [0.15, 0.2) is 59.1 Å². The van der Waals surface area contributed by atoms with Crippen LogP contribution in [0.25, 0.3) is 22.4 Å². The van der Waals surface area contributed by atoms with Gasteiger partial charge in [0.15, 0.2) is 5.58 Å². The van der Waals surface area contributed by atoms with Crippen molar-refractivity contribution in [1.29, 1.82) is 0 Å². The number of aromatic amines is 1. The van der Waals surface area contributed by atoms with E-state index < -0.39 is 5.92 Å². The monoisotopic (exact) mass is 498 g/mol. The van der Waals surface area contributed by atoms with Crippen LogP contribution in [0.3, 0.4) is 0 Å². The molecule has 37 heavy (non-hydrogen) atoms. The first-order chi connectivity index (χ1) is 18.1. The average molecular weight is 499 g/mol. The van der Waals surface area contributed by atoms with Crippen molar-refractivity contribution < 1.29 is 14.0 Å². The van der Waals surface area contributed by atoms with Crippen LogP contribution in [-0.4, -0.2) is 53.0 Å². The molecule has 6 rings (SSSR count). The summed E-state index contributed by atoms with van der Waals surface area (Å²) in [6, 6.07) is 15.1. The molecule has 1 aromatic carbocycles. The maximum Gasteiger partial charge on any atom is 0.270 e. The molecule has 1 unspecified atom stereocenters. The predicted octanol–water partition coefficient (Wildman–Crippen LogP) is 3.63. The second kappa shape index (κ2) is 9.08. The fourth-order valence-electron chi connectivity index (χ4n) is 4.85. The predicted molar refractivity (Wildman–Crippen MR) is 136 cm³/mol. The van der Waals surface area contributed by atoms with Crippen molar-refractivity contribution in [3.8, 4) is 11.3 Å². The number of furan rings is 1. The molecular weight excluding hydrogens is 472 g/mol. The Morgan fingerprint density at radius 1 is 1.11 bits per heavy atom. The molecule has 0 saturated heterocycles. The van der Waals surface area contributed by atoms with Gasteiger partial charge in [0.25, 0.3) is 5.91 Å². The largest absolute Gasteiger partial charge is 0.454 e. The molecule has 1 aliphatic rings. The number of aromatic nitrogens is 6. The van der Waals surface area contributed by atoms with Gasteiger partial charge in [0.05, 0.1) is 29.9 Å². The number of H-pyrrole nitrogens is 1. The molecular formula is C26H26N8O3. The van der Waals surface area contributed by atoms with Crippen molar-refractivity contribution in [2.45, 2.75) is 39.4 Å². The average Bonchev–Trinajstić information content (AvgIpc) is 3.70. The third-order valence-electron chi connectivity index (χ3n) is 6.69. The first kappa shape index (κ1) is 22.8. The third-order valence-corrected chi connectivity index (χ3v) is 6.69. The van der Waals surface area contributed by atoms with Gasteiger partial charge in [0, 0.05) is 43.4 Å². The van der Waals surface area contributed by atoms with E-state index in [0.29, 0.717) is 35.9 Å². The maximum atomic E-state index is 13.5. The van der Waals surface area contributed by atoms with Crippen molar-refractivity contribution in [3.05, 3.63) is 71.8 Å². The topological polar surface area (TPSA) is 127 Å². The van der Waals surface area contributed by atoms with E-state index in [1.165, 1.54) is 0 Å². The van der Waals surface area contributed by atoms with E-state index in [-0.39, 0.29) is 24.9 Å². The van der Waals surface area contributed by atoms with E-state index in [9.17, 15) is 9.59 Å². The highest BCUT2D eigenvalue weighted by molar-refractivity contribution is 5.99. The number of nitrogens with one attached hydrogen (secondary N) is 2. The van der Waals surface area contributed by atoms with Crippen LogP contribution in [0, 0.1) is 0 Å². The number of anilines is 1. The number of carbonyl (C=O) groups is 2. The SMILES string of the molecule is CCn1nccc1NC(=O)C1CN(C(=O)c2cc3oc(-c4ccccc4)cc3[nH]2)Cc2nnn(CC)c21. The van der Waals surface area contributed by atoms with Crippen molar-refractivity contribution in [3.63, 3.8) is 0 Å². The Bertz CT molecular complexity index is 1560. The summed E-state index contributed by atoms with van der Waals surface area (Å²) in [5.41, 5.74) is 4.04. The van der Waals surface area contributed by atoms with Gasteiger partial charge in [-0.3, -0.25) is 9.59 Å². The molecule has 2 N–H and O–H groups in total. The molecule has 2 amide bonds. The van der Waals surface area contributed by atoms with Crippen molar-refractivity contribution in [1.82, 2.24) is 34.7 Å². The summed E-state index contributed by atoms with van der Waals surface area (Å²) in [5.74, 6) is 0.222. The van der Waals surface area contributed by atoms with Gasteiger partial charge in [-0.25, -0.2) is 9.36 Å². The quantitative estimate of drug-likeness (QED) is 0.368. The zero-order chi connectivity index (χ0) is 25.5. The fraction of sp³-hybridized carbons (Fsp3) is 0.269. The molecule has 11 heteroatoms. The van der Waals surface area contributed by atoms with Crippen molar-refractivity contribution in [2.75, 3.05) is 11.9 Å². The minimum absolute atomic E-state index is 0.195. The fourth-order valence-corrected chi connectivity index (χ4v) is 4.85. The number of benzene rings is 1. The summed E-state index contributed by atoms with van der Waals surface area (Å²) < 4.78 is 9.42. The lowest BCUT2D eigenvalue weighted by molar-refractivity contribution is -0.118. The Morgan fingerprint density at radius 2 is 1.92 bits per heavy atom. The number of hydrogen-bond donors (Lipinski definition) is 2. The van der Waals surface area contributed by atoms with E-state index in [4.69, 9.17) is 4.42 Å². The van der Waals surface area contributed by atoms with Gasteiger partial charge < -0.3 is 19.6 Å². The summed E-state index contributed by atoms with van der Waals surface area (Å²) in [7, 11) is 0. The van der Waals surface area contributed by atoms with Crippen LogP contribution in [-0.2, 0) is 24.4 Å². The summed E-state index contributed by atoms with van der Waals surface area (Å²) in [4.78, 5) is 31.8. The highest BCUT2D eigenvalue weighted by Gasteiger charge is 2.38. The number of nitrogens with zero attached hydrogens (tertiary/aromatic N) is 6. The molecule has 0 fully saturated rings. The second-order valence-corrected chi connectivity index (χ2v) is 8.93. The van der Waals surface area contributed by atoms with E-state index in [0.717, 1.165) is 22.5 Å². The molecule has 5 aromatic rings. The zero-order valence-corrected chi connectivity index (χ0v) is 20.5. The maximum absolute atomic E-state index is 13.5. The molecule has 0 aliphatic carbocycles. The highest BCUT2D eigenvalue weighted by Crippen LogP contribution is 2.31. The van der Waals surface area contributed by atoms with Crippen molar-refractivity contribution >= 4 is 28.7 Å². The molecule has 0 saturated carbocycles. The molecule has 0 bridgehead atoms. The van der Waals surface area contributed by atoms with Gasteiger partial charge in [-0.05, 0) is 13.8 Å². The Labute approximate surface area is 212 Å². The summed E-state index contributed by atoms with van der Waals surface area (Å²) in [6.45, 7) is 5.56. The van der Waals surface area contributed by atoms with Gasteiger partial charge in [0.1, 0.15) is 23.0 Å². The number of hydrogen-bond acceptors (Lipinski definition) is 6. The van der Waals surface area contributed by atoms with Gasteiger partial charge in [-0.1, -0.05) is 35.5 Å². The number of fused-ring (bicyclic) bond motifs is 2. The lowest BCUT2D eigenvalue weighted by atomic mass is 9.96. The molecule has 1 aliphatic heterocycles. The minimum atomic E-state index is -0.634. The van der Waals surface area contributed by atoms with Crippen LogP contribution in [0.4, 0.5) is 5.82 Å².